The van der Waals surface area contributed by atoms with E-state index in [0.717, 1.165) is 17.3 Å². The molecule has 0 fully saturated rings. The summed E-state index contributed by atoms with van der Waals surface area (Å²) >= 11 is 0.968. The molecule has 9 heteroatoms. The summed E-state index contributed by atoms with van der Waals surface area (Å²) < 4.78 is 11.6. The van der Waals surface area contributed by atoms with E-state index in [0.29, 0.717) is 46.6 Å². The molecular weight excluding hydrogens is 428 g/mol. The van der Waals surface area contributed by atoms with E-state index >= 15 is 0 Å². The third-order valence-corrected chi connectivity index (χ3v) is 5.22. The van der Waals surface area contributed by atoms with Crippen LogP contribution in [0.4, 0.5) is 0 Å². The molecule has 0 aliphatic carbocycles. The van der Waals surface area contributed by atoms with Crippen molar-refractivity contribution in [2.24, 2.45) is 0 Å². The van der Waals surface area contributed by atoms with Crippen molar-refractivity contribution in [3.05, 3.63) is 69.9 Å². The Morgan fingerprint density at radius 2 is 2.03 bits per heavy atom. The Morgan fingerprint density at radius 3 is 2.72 bits per heavy atom. The highest BCUT2D eigenvalue weighted by Crippen LogP contribution is 2.32. The van der Waals surface area contributed by atoms with E-state index in [1.165, 1.54) is 6.08 Å². The number of ether oxygens (including phenoxy) is 2. The number of aliphatic carboxylic acids is 1. The molecule has 1 heterocycles. The molecule has 1 aromatic heterocycles. The van der Waals surface area contributed by atoms with Gasteiger partial charge in [0.2, 0.25) is 5.16 Å². The van der Waals surface area contributed by atoms with Crippen LogP contribution in [0.1, 0.15) is 36.4 Å². The fourth-order valence-electron chi connectivity index (χ4n) is 2.78. The number of carbonyl (C=O) groups is 1. The second-order valence-corrected chi connectivity index (χ2v) is 7.54. The molecule has 0 aliphatic rings. The first-order valence-electron chi connectivity index (χ1n) is 9.95. The number of H-pyrrole nitrogens is 1. The number of hydrogen-bond donors (Lipinski definition) is 2. The molecule has 164 valence electrons. The molecule has 2 N–H and O–H groups in total. The summed E-state index contributed by atoms with van der Waals surface area (Å²) in [6.45, 7) is 4.40. The largest absolute Gasteiger partial charge is 0.490 e. The van der Waals surface area contributed by atoms with Gasteiger partial charge in [0.1, 0.15) is 17.3 Å². The smallest absolute Gasteiger partial charge is 0.342 e. The minimum Gasteiger partial charge on any atom is -0.490 e. The standard InChI is InChI=1S/C23H22N4O4S/c1-3-21-25-23(27-26-21)32-20(22(28)29)12-15-9-10-18(19(11-15)30-4-2)31-14-17-8-6-5-7-16(17)13-24/h5-12H,3-4,14H2,1-2H3,(H,28,29)(H,25,26,27)/b20-12-. The SMILES string of the molecule is CCOc1cc(/C=C(\Sc2n[nH]c(CC)n2)C(=O)O)ccc1OCc1ccccc1C#N. The van der Waals surface area contributed by atoms with E-state index in [9.17, 15) is 15.2 Å². The second kappa shape index (κ2) is 11.0. The summed E-state index contributed by atoms with van der Waals surface area (Å²) in [7, 11) is 0. The van der Waals surface area contributed by atoms with Gasteiger partial charge in [0.25, 0.3) is 0 Å². The Bertz CT molecular complexity index is 1170. The average molecular weight is 451 g/mol. The lowest BCUT2D eigenvalue weighted by Crippen LogP contribution is -2.02. The van der Waals surface area contributed by atoms with Crippen LogP contribution < -0.4 is 9.47 Å². The van der Waals surface area contributed by atoms with Crippen molar-refractivity contribution in [3.8, 4) is 17.6 Å². The lowest BCUT2D eigenvalue weighted by atomic mass is 10.1. The van der Waals surface area contributed by atoms with Crippen LogP contribution in [0.25, 0.3) is 6.08 Å². The first-order chi connectivity index (χ1) is 15.5. The van der Waals surface area contributed by atoms with E-state index in [2.05, 4.69) is 21.3 Å². The number of aromatic amines is 1. The van der Waals surface area contributed by atoms with Crippen molar-refractivity contribution in [2.45, 2.75) is 32.0 Å². The number of nitrogens with zero attached hydrogens (tertiary/aromatic N) is 3. The van der Waals surface area contributed by atoms with Crippen molar-refractivity contribution in [1.29, 1.82) is 5.26 Å². The van der Waals surface area contributed by atoms with E-state index in [4.69, 9.17) is 9.47 Å². The molecule has 3 aromatic rings. The lowest BCUT2D eigenvalue weighted by Gasteiger charge is -2.13. The highest BCUT2D eigenvalue weighted by atomic mass is 32.2. The molecule has 0 aliphatic heterocycles. The minimum absolute atomic E-state index is 0.0747. The Balaban J connectivity index is 1.83. The first-order valence-corrected chi connectivity index (χ1v) is 10.8. The van der Waals surface area contributed by atoms with Gasteiger partial charge in [-0.2, -0.15) is 5.26 Å². The summed E-state index contributed by atoms with van der Waals surface area (Å²) in [5, 5.41) is 26.0. The van der Waals surface area contributed by atoms with Crippen LogP contribution >= 0.6 is 11.8 Å². The number of hydrogen-bond acceptors (Lipinski definition) is 7. The van der Waals surface area contributed by atoms with Gasteiger partial charge in [-0.3, -0.25) is 5.10 Å². The molecule has 3 rings (SSSR count). The normalized spacial score (nSPS) is 11.1. The number of aromatic nitrogens is 3. The van der Waals surface area contributed by atoms with Gasteiger partial charge in [0.05, 0.1) is 18.2 Å². The third kappa shape index (κ3) is 5.89. The summed E-state index contributed by atoms with van der Waals surface area (Å²) in [5.41, 5.74) is 1.95. The number of nitriles is 1. The Kier molecular flexibility index (Phi) is 7.89. The number of thioether (sulfide) groups is 1. The maximum Gasteiger partial charge on any atom is 0.342 e. The molecule has 0 atom stereocenters. The van der Waals surface area contributed by atoms with Gasteiger partial charge >= 0.3 is 5.97 Å². The van der Waals surface area contributed by atoms with Crippen LogP contribution in [0.15, 0.2) is 52.5 Å². The molecule has 8 nitrogen and oxygen atoms in total. The van der Waals surface area contributed by atoms with E-state index in [1.807, 2.05) is 26.0 Å². The van der Waals surface area contributed by atoms with Crippen LogP contribution in [0.2, 0.25) is 0 Å². The second-order valence-electron chi connectivity index (χ2n) is 6.53. The van der Waals surface area contributed by atoms with E-state index < -0.39 is 5.97 Å². The van der Waals surface area contributed by atoms with Crippen LogP contribution in [0.5, 0.6) is 11.5 Å². The highest BCUT2D eigenvalue weighted by molar-refractivity contribution is 8.04. The zero-order valence-electron chi connectivity index (χ0n) is 17.7. The van der Waals surface area contributed by atoms with Gasteiger partial charge < -0.3 is 14.6 Å². The lowest BCUT2D eigenvalue weighted by molar-refractivity contribution is -0.131. The molecule has 0 unspecified atom stereocenters. The van der Waals surface area contributed by atoms with Crippen LogP contribution in [0, 0.1) is 11.3 Å². The summed E-state index contributed by atoms with van der Waals surface area (Å²) in [6, 6.07) is 14.5. The van der Waals surface area contributed by atoms with Crippen LogP contribution in [-0.2, 0) is 17.8 Å². The van der Waals surface area contributed by atoms with Crippen LogP contribution in [0.3, 0.4) is 0 Å². The number of rotatable bonds is 10. The predicted octanol–water partition coefficient (Wildman–Crippen LogP) is 4.43. The molecule has 2 aromatic carbocycles. The van der Waals surface area contributed by atoms with Gasteiger partial charge in [-0.1, -0.05) is 31.2 Å². The van der Waals surface area contributed by atoms with Crippen molar-refractivity contribution < 1.29 is 19.4 Å². The fraction of sp³-hybridized carbons (Fsp3) is 0.217. The third-order valence-electron chi connectivity index (χ3n) is 4.34. The summed E-state index contributed by atoms with van der Waals surface area (Å²) in [6.07, 6.45) is 2.21. The van der Waals surface area contributed by atoms with Crippen molar-refractivity contribution >= 4 is 23.8 Å². The summed E-state index contributed by atoms with van der Waals surface area (Å²) in [5.74, 6) is 0.596. The molecule has 32 heavy (non-hydrogen) atoms. The topological polar surface area (TPSA) is 121 Å². The Labute approximate surface area is 189 Å². The zero-order valence-corrected chi connectivity index (χ0v) is 18.5. The molecule has 0 bridgehead atoms. The molecular formula is C23H22N4O4S. The quantitative estimate of drug-likeness (QED) is 0.344. The van der Waals surface area contributed by atoms with Crippen molar-refractivity contribution in [2.75, 3.05) is 6.61 Å². The Morgan fingerprint density at radius 1 is 1.22 bits per heavy atom. The number of carboxylic acid groups (broad SMARTS) is 1. The predicted molar refractivity (Wildman–Crippen MR) is 120 cm³/mol. The molecule has 0 radical (unpaired) electrons. The average Bonchev–Trinajstić information content (AvgIpc) is 3.26. The number of aryl methyl sites for hydroxylation is 1. The fourth-order valence-corrected chi connectivity index (χ4v) is 3.51. The number of nitrogens with one attached hydrogen (secondary N) is 1. The zero-order chi connectivity index (χ0) is 22.9. The minimum atomic E-state index is -1.08. The van der Waals surface area contributed by atoms with Crippen molar-refractivity contribution in [1.82, 2.24) is 15.2 Å². The number of benzene rings is 2. The molecule has 0 amide bonds. The van der Waals surface area contributed by atoms with Crippen LogP contribution in [-0.4, -0.2) is 32.9 Å². The highest BCUT2D eigenvalue weighted by Gasteiger charge is 2.15. The van der Waals surface area contributed by atoms with E-state index in [1.54, 1.807) is 30.3 Å². The Hall–Kier alpha value is -3.77. The maximum absolute atomic E-state index is 11.7. The first kappa shape index (κ1) is 22.9. The maximum atomic E-state index is 11.7. The molecule has 0 spiro atoms. The van der Waals surface area contributed by atoms with E-state index in [-0.39, 0.29) is 11.5 Å². The molecule has 0 saturated heterocycles. The summed E-state index contributed by atoms with van der Waals surface area (Å²) in [4.78, 5) is 16.1. The van der Waals surface area contributed by atoms with Gasteiger partial charge in [-0.05, 0) is 48.5 Å². The van der Waals surface area contributed by atoms with Gasteiger partial charge in [-0.25, -0.2) is 9.78 Å². The molecule has 0 saturated carbocycles. The van der Waals surface area contributed by atoms with Crippen molar-refractivity contribution in [3.63, 3.8) is 0 Å². The van der Waals surface area contributed by atoms with Gasteiger partial charge in [0, 0.05) is 12.0 Å². The number of carboxylic acids is 1. The van der Waals surface area contributed by atoms with Gasteiger partial charge in [-0.15, -0.1) is 5.10 Å². The monoisotopic (exact) mass is 450 g/mol. The van der Waals surface area contributed by atoms with Gasteiger partial charge in [0.15, 0.2) is 11.5 Å².